The number of nitrogens with one attached hydrogen (secondary N) is 2. The second kappa shape index (κ2) is 6.34. The molecule has 4 rings (SSSR count). The van der Waals surface area contributed by atoms with Crippen LogP contribution in [0.2, 0.25) is 0 Å². The van der Waals surface area contributed by atoms with Crippen LogP contribution < -0.4 is 10.6 Å². The maximum atomic E-state index is 12.2. The molecule has 1 aliphatic rings. The van der Waals surface area contributed by atoms with Crippen LogP contribution in [0.3, 0.4) is 0 Å². The molecule has 2 unspecified atom stereocenters. The van der Waals surface area contributed by atoms with Crippen LogP contribution in [0.15, 0.2) is 54.6 Å². The van der Waals surface area contributed by atoms with Gasteiger partial charge >= 0.3 is 0 Å². The average Bonchev–Trinajstić information content (AvgIpc) is 3.25. The van der Waals surface area contributed by atoms with Crippen LogP contribution in [0.25, 0.3) is 5.69 Å². The molecule has 0 aliphatic carbocycles. The Morgan fingerprint density at radius 2 is 1.88 bits per heavy atom. The van der Waals surface area contributed by atoms with E-state index in [4.69, 9.17) is 0 Å². The van der Waals surface area contributed by atoms with Crippen LogP contribution in [0, 0.1) is 0 Å². The van der Waals surface area contributed by atoms with Crippen molar-refractivity contribution in [1.29, 1.82) is 0 Å². The van der Waals surface area contributed by atoms with Gasteiger partial charge in [-0.3, -0.25) is 4.79 Å². The number of hydrogen-bond acceptors (Lipinski definition) is 5. The standard InChI is InChI=1S/C19H20N6O/c1-13(17-22-23-24-25(17)14-8-4-3-5-9-14)20-12-19(2)16-11-7-6-10-15(16)18(26)21-19/h3-11,13,20H,12H2,1-2H3,(H,21,26). The van der Waals surface area contributed by atoms with Crippen LogP contribution in [0.5, 0.6) is 0 Å². The minimum atomic E-state index is -0.465. The number of nitrogens with zero attached hydrogens (tertiary/aromatic N) is 4. The maximum Gasteiger partial charge on any atom is 0.252 e. The lowest BCUT2D eigenvalue weighted by atomic mass is 9.92. The van der Waals surface area contributed by atoms with Gasteiger partial charge in [0.25, 0.3) is 5.91 Å². The number of tetrazole rings is 1. The molecule has 0 bridgehead atoms. The van der Waals surface area contributed by atoms with Crippen LogP contribution in [0.1, 0.15) is 41.6 Å². The number of para-hydroxylation sites is 1. The molecular weight excluding hydrogens is 328 g/mol. The predicted molar refractivity (Wildman–Crippen MR) is 96.8 cm³/mol. The molecule has 1 aromatic heterocycles. The summed E-state index contributed by atoms with van der Waals surface area (Å²) in [6, 6.07) is 17.4. The van der Waals surface area contributed by atoms with Crippen LogP contribution in [-0.2, 0) is 5.54 Å². The summed E-state index contributed by atoms with van der Waals surface area (Å²) in [5, 5.41) is 18.6. The summed E-state index contributed by atoms with van der Waals surface area (Å²) in [6.07, 6.45) is 0. The van der Waals surface area contributed by atoms with Crippen molar-refractivity contribution in [2.75, 3.05) is 6.54 Å². The molecule has 0 radical (unpaired) electrons. The van der Waals surface area contributed by atoms with Crippen LogP contribution >= 0.6 is 0 Å². The number of carbonyl (C=O) groups is 1. The largest absolute Gasteiger partial charge is 0.341 e. The van der Waals surface area contributed by atoms with E-state index >= 15 is 0 Å². The monoisotopic (exact) mass is 348 g/mol. The lowest BCUT2D eigenvalue weighted by Crippen LogP contribution is -2.45. The summed E-state index contributed by atoms with van der Waals surface area (Å²) in [7, 11) is 0. The fraction of sp³-hybridized carbons (Fsp3) is 0.263. The molecule has 2 aromatic carbocycles. The molecule has 2 atom stereocenters. The molecule has 7 nitrogen and oxygen atoms in total. The Morgan fingerprint density at radius 3 is 2.69 bits per heavy atom. The summed E-state index contributed by atoms with van der Waals surface area (Å²) in [5.41, 5.74) is 2.19. The van der Waals surface area contributed by atoms with Crippen molar-refractivity contribution in [2.45, 2.75) is 25.4 Å². The number of hydrogen-bond donors (Lipinski definition) is 2. The summed E-state index contributed by atoms with van der Waals surface area (Å²) in [4.78, 5) is 12.2. The predicted octanol–water partition coefficient (Wildman–Crippen LogP) is 1.97. The first-order valence-electron chi connectivity index (χ1n) is 8.57. The molecule has 3 aromatic rings. The Kier molecular flexibility index (Phi) is 4.00. The van der Waals surface area contributed by atoms with Crippen molar-refractivity contribution in [2.24, 2.45) is 0 Å². The second-order valence-corrected chi connectivity index (χ2v) is 6.72. The van der Waals surface area contributed by atoms with E-state index in [1.54, 1.807) is 4.68 Å². The highest BCUT2D eigenvalue weighted by Crippen LogP contribution is 2.30. The van der Waals surface area contributed by atoms with Gasteiger partial charge in [-0.15, -0.1) is 5.10 Å². The van der Waals surface area contributed by atoms with Gasteiger partial charge < -0.3 is 10.6 Å². The minimum absolute atomic E-state index is 0.0355. The van der Waals surface area contributed by atoms with Crippen LogP contribution in [0.4, 0.5) is 0 Å². The lowest BCUT2D eigenvalue weighted by Gasteiger charge is -2.27. The van der Waals surface area contributed by atoms with Gasteiger partial charge in [0.05, 0.1) is 17.3 Å². The minimum Gasteiger partial charge on any atom is -0.341 e. The number of aromatic nitrogens is 4. The molecule has 2 N–H and O–H groups in total. The molecular formula is C19H20N6O. The van der Waals surface area contributed by atoms with Gasteiger partial charge in [0.15, 0.2) is 5.82 Å². The fourth-order valence-corrected chi connectivity index (χ4v) is 3.35. The fourth-order valence-electron chi connectivity index (χ4n) is 3.35. The first-order valence-corrected chi connectivity index (χ1v) is 8.57. The van der Waals surface area contributed by atoms with Crippen molar-refractivity contribution in [3.05, 3.63) is 71.5 Å². The molecule has 1 aliphatic heterocycles. The van der Waals surface area contributed by atoms with Crippen LogP contribution in [-0.4, -0.2) is 32.7 Å². The van der Waals surface area contributed by atoms with Gasteiger partial charge in [-0.1, -0.05) is 36.4 Å². The number of fused-ring (bicyclic) bond motifs is 1. The normalized spacial score (nSPS) is 19.8. The van der Waals surface area contributed by atoms with E-state index in [1.165, 1.54) is 0 Å². The van der Waals surface area contributed by atoms with E-state index < -0.39 is 5.54 Å². The zero-order chi connectivity index (χ0) is 18.1. The van der Waals surface area contributed by atoms with Gasteiger partial charge in [0, 0.05) is 12.1 Å². The highest BCUT2D eigenvalue weighted by Gasteiger charge is 2.38. The Balaban J connectivity index is 1.53. The van der Waals surface area contributed by atoms with Gasteiger partial charge in [0.2, 0.25) is 0 Å². The third kappa shape index (κ3) is 2.76. The molecule has 0 saturated heterocycles. The van der Waals surface area contributed by atoms with Crippen molar-refractivity contribution in [1.82, 2.24) is 30.8 Å². The number of carbonyl (C=O) groups excluding carboxylic acids is 1. The lowest BCUT2D eigenvalue weighted by molar-refractivity contribution is 0.0933. The van der Waals surface area contributed by atoms with Gasteiger partial charge in [-0.05, 0) is 48.0 Å². The van der Waals surface area contributed by atoms with Gasteiger partial charge in [-0.2, -0.15) is 4.68 Å². The second-order valence-electron chi connectivity index (χ2n) is 6.72. The maximum absolute atomic E-state index is 12.2. The van der Waals surface area contributed by atoms with E-state index in [9.17, 15) is 4.79 Å². The molecule has 0 saturated carbocycles. The quantitative estimate of drug-likeness (QED) is 0.736. The zero-order valence-electron chi connectivity index (χ0n) is 14.7. The van der Waals surface area contributed by atoms with E-state index in [-0.39, 0.29) is 11.9 Å². The Hall–Kier alpha value is -3.06. The highest BCUT2D eigenvalue weighted by atomic mass is 16.2. The molecule has 1 amide bonds. The molecule has 7 heteroatoms. The highest BCUT2D eigenvalue weighted by molar-refractivity contribution is 5.99. The van der Waals surface area contributed by atoms with Gasteiger partial charge in [-0.25, -0.2) is 0 Å². The third-order valence-electron chi connectivity index (χ3n) is 4.80. The third-order valence-corrected chi connectivity index (χ3v) is 4.80. The van der Waals surface area contributed by atoms with Crippen molar-refractivity contribution in [3.8, 4) is 5.69 Å². The zero-order valence-corrected chi connectivity index (χ0v) is 14.7. The smallest absolute Gasteiger partial charge is 0.252 e. The first-order chi connectivity index (χ1) is 12.6. The molecule has 0 spiro atoms. The van der Waals surface area contributed by atoms with E-state index in [0.717, 1.165) is 22.6 Å². The SMILES string of the molecule is CC(NCC1(C)NC(=O)c2ccccc21)c1nnnn1-c1ccccc1. The molecule has 2 heterocycles. The Morgan fingerprint density at radius 1 is 1.15 bits per heavy atom. The molecule has 0 fully saturated rings. The topological polar surface area (TPSA) is 84.7 Å². The first kappa shape index (κ1) is 16.4. The summed E-state index contributed by atoms with van der Waals surface area (Å²) < 4.78 is 1.72. The van der Waals surface area contributed by atoms with Crippen molar-refractivity contribution in [3.63, 3.8) is 0 Å². The summed E-state index contributed by atoms with van der Waals surface area (Å²) in [5.74, 6) is 0.684. The number of rotatable bonds is 5. The summed E-state index contributed by atoms with van der Waals surface area (Å²) in [6.45, 7) is 4.60. The molecule has 26 heavy (non-hydrogen) atoms. The van der Waals surface area contributed by atoms with Crippen molar-refractivity contribution >= 4 is 5.91 Å². The molecule has 132 valence electrons. The van der Waals surface area contributed by atoms with E-state index in [1.807, 2.05) is 68.4 Å². The number of amides is 1. The van der Waals surface area contributed by atoms with Crippen molar-refractivity contribution < 1.29 is 4.79 Å². The Labute approximate surface area is 151 Å². The van der Waals surface area contributed by atoms with Gasteiger partial charge in [0.1, 0.15) is 0 Å². The Bertz CT molecular complexity index is 938. The number of benzene rings is 2. The summed E-state index contributed by atoms with van der Waals surface area (Å²) >= 11 is 0. The van der Waals surface area contributed by atoms with E-state index in [2.05, 4.69) is 26.2 Å². The van der Waals surface area contributed by atoms with E-state index in [0.29, 0.717) is 6.54 Å². The average molecular weight is 348 g/mol.